The maximum Gasteiger partial charge on any atom is 0.264 e. The lowest BCUT2D eigenvalue weighted by atomic mass is 10.0. The minimum Gasteiger partial charge on any atom is -0.380 e. The van der Waals surface area contributed by atoms with Crippen LogP contribution >= 0.6 is 15.9 Å². The number of aromatic nitrogens is 2. The van der Waals surface area contributed by atoms with Crippen molar-refractivity contribution in [3.05, 3.63) is 45.7 Å². The van der Waals surface area contributed by atoms with E-state index in [1.807, 2.05) is 4.68 Å². The zero-order chi connectivity index (χ0) is 23.1. The highest BCUT2D eigenvalue weighted by Gasteiger charge is 2.45. The van der Waals surface area contributed by atoms with Gasteiger partial charge in [-0.25, -0.2) is 0 Å². The van der Waals surface area contributed by atoms with E-state index in [4.69, 9.17) is 0 Å². The van der Waals surface area contributed by atoms with Gasteiger partial charge in [0.15, 0.2) is 0 Å². The van der Waals surface area contributed by atoms with Gasteiger partial charge < -0.3 is 10.6 Å². The zero-order valence-corrected chi connectivity index (χ0v) is 19.4. The number of hydrogen-bond acceptors (Lipinski definition) is 7. The van der Waals surface area contributed by atoms with Gasteiger partial charge in [-0.1, -0.05) is 6.07 Å². The van der Waals surface area contributed by atoms with Gasteiger partial charge in [-0.3, -0.25) is 34.1 Å². The average Bonchev–Trinajstić information content (AvgIpc) is 3.30. The van der Waals surface area contributed by atoms with Gasteiger partial charge in [0.2, 0.25) is 11.8 Å². The zero-order valence-electron chi connectivity index (χ0n) is 17.8. The van der Waals surface area contributed by atoms with Crippen molar-refractivity contribution in [2.24, 2.45) is 0 Å². The molecular formula is C22H23BrN6O4. The van der Waals surface area contributed by atoms with Crippen LogP contribution in [-0.2, 0) is 16.1 Å². The Morgan fingerprint density at radius 2 is 1.88 bits per heavy atom. The van der Waals surface area contributed by atoms with Gasteiger partial charge in [-0.2, -0.15) is 5.10 Å². The molecule has 3 N–H and O–H groups in total. The molecule has 33 heavy (non-hydrogen) atoms. The number of rotatable bonds is 5. The summed E-state index contributed by atoms with van der Waals surface area (Å²) in [5, 5.41) is 13.4. The van der Waals surface area contributed by atoms with Crippen LogP contribution in [0.2, 0.25) is 0 Å². The quantitative estimate of drug-likeness (QED) is 0.517. The summed E-state index contributed by atoms with van der Waals surface area (Å²) in [4.78, 5) is 50.9. The Morgan fingerprint density at radius 1 is 1.09 bits per heavy atom. The van der Waals surface area contributed by atoms with Crippen molar-refractivity contribution in [1.82, 2.24) is 25.3 Å². The lowest BCUT2D eigenvalue weighted by Gasteiger charge is -2.27. The van der Waals surface area contributed by atoms with Crippen LogP contribution in [0, 0.1) is 0 Å². The monoisotopic (exact) mass is 514 g/mol. The molecule has 0 aliphatic carbocycles. The van der Waals surface area contributed by atoms with E-state index in [9.17, 15) is 19.2 Å². The molecule has 0 bridgehead atoms. The third kappa shape index (κ3) is 3.84. The fourth-order valence-electron chi connectivity index (χ4n) is 4.66. The summed E-state index contributed by atoms with van der Waals surface area (Å²) in [5.41, 5.74) is 1.94. The molecule has 0 spiro atoms. The first-order valence-corrected chi connectivity index (χ1v) is 11.8. The number of amides is 4. The predicted octanol–water partition coefficient (Wildman–Crippen LogP) is 1.58. The second kappa shape index (κ2) is 8.71. The summed E-state index contributed by atoms with van der Waals surface area (Å²) in [6.45, 7) is 2.32. The molecule has 1 aromatic carbocycles. The van der Waals surface area contributed by atoms with Gasteiger partial charge >= 0.3 is 0 Å². The molecule has 1 aromatic heterocycles. The van der Waals surface area contributed by atoms with E-state index >= 15 is 0 Å². The minimum absolute atomic E-state index is 0.0873. The Bertz CT molecular complexity index is 1160. The first-order chi connectivity index (χ1) is 16.0. The van der Waals surface area contributed by atoms with E-state index in [1.165, 1.54) is 0 Å². The maximum absolute atomic E-state index is 13.2. The van der Waals surface area contributed by atoms with Crippen LogP contribution in [-0.4, -0.2) is 57.4 Å². The summed E-state index contributed by atoms with van der Waals surface area (Å²) >= 11 is 3.66. The summed E-state index contributed by atoms with van der Waals surface area (Å²) in [6, 6.07) is 4.37. The molecule has 4 heterocycles. The molecular weight excluding hydrogens is 492 g/mol. The van der Waals surface area contributed by atoms with Gasteiger partial charge in [0.05, 0.1) is 23.4 Å². The van der Waals surface area contributed by atoms with Crippen LogP contribution in [0.4, 0.5) is 5.69 Å². The molecule has 5 rings (SSSR count). The number of imide groups is 2. The van der Waals surface area contributed by atoms with Crippen LogP contribution in [0.1, 0.15) is 58.0 Å². The van der Waals surface area contributed by atoms with Crippen molar-refractivity contribution in [2.45, 2.75) is 44.3 Å². The number of carbonyl (C=O) groups excluding carboxylic acids is 4. The number of piperidine rings is 2. The minimum atomic E-state index is -0.986. The molecule has 4 amide bonds. The number of halogens is 1. The van der Waals surface area contributed by atoms with E-state index in [0.717, 1.165) is 41.0 Å². The van der Waals surface area contributed by atoms with Gasteiger partial charge in [0.25, 0.3) is 11.8 Å². The Morgan fingerprint density at radius 3 is 2.64 bits per heavy atom. The van der Waals surface area contributed by atoms with E-state index in [-0.39, 0.29) is 24.0 Å². The number of nitrogens with one attached hydrogen (secondary N) is 3. The van der Waals surface area contributed by atoms with Gasteiger partial charge in [-0.15, -0.1) is 0 Å². The van der Waals surface area contributed by atoms with E-state index in [1.54, 1.807) is 24.4 Å². The van der Waals surface area contributed by atoms with Gasteiger partial charge in [0, 0.05) is 24.2 Å². The number of anilines is 1. The standard InChI is InChI=1S/C22H23BrN6O4/c23-19-12(11-26-29(19)13-6-8-24-9-7-13)10-25-15-3-1-2-14-18(15)22(33)28(21(14)32)16-4-5-17(30)27-20(16)31/h1-3,11,13,16,24-25H,4-10H2,(H,27,30,31). The van der Waals surface area contributed by atoms with E-state index in [2.05, 4.69) is 37.0 Å². The fourth-order valence-corrected chi connectivity index (χ4v) is 5.28. The molecule has 3 aliphatic heterocycles. The molecule has 3 aliphatic rings. The molecule has 172 valence electrons. The number of benzene rings is 1. The molecule has 0 radical (unpaired) electrons. The lowest BCUT2D eigenvalue weighted by molar-refractivity contribution is -0.136. The maximum atomic E-state index is 13.2. The van der Waals surface area contributed by atoms with E-state index < -0.39 is 29.7 Å². The van der Waals surface area contributed by atoms with Crippen molar-refractivity contribution >= 4 is 45.2 Å². The second-order valence-corrected chi connectivity index (χ2v) is 9.17. The summed E-state index contributed by atoms with van der Waals surface area (Å²) in [5.74, 6) is -2.07. The van der Waals surface area contributed by atoms with Crippen LogP contribution in [0.5, 0.6) is 0 Å². The lowest BCUT2D eigenvalue weighted by Crippen LogP contribution is -2.54. The molecule has 2 fully saturated rings. The van der Waals surface area contributed by atoms with Crippen molar-refractivity contribution in [3.8, 4) is 0 Å². The molecule has 11 heteroatoms. The van der Waals surface area contributed by atoms with Crippen molar-refractivity contribution in [2.75, 3.05) is 18.4 Å². The van der Waals surface area contributed by atoms with Crippen LogP contribution in [0.15, 0.2) is 29.0 Å². The largest absolute Gasteiger partial charge is 0.380 e. The Kier molecular flexibility index (Phi) is 5.75. The summed E-state index contributed by atoms with van der Waals surface area (Å²) < 4.78 is 2.88. The normalized spacial score (nSPS) is 21.4. The Balaban J connectivity index is 1.35. The number of nitrogens with zero attached hydrogens (tertiary/aromatic N) is 3. The topological polar surface area (TPSA) is 125 Å². The summed E-state index contributed by atoms with van der Waals surface area (Å²) in [6.07, 6.45) is 4.02. The Hall–Kier alpha value is -3.05. The highest BCUT2D eigenvalue weighted by Crippen LogP contribution is 2.33. The third-order valence-corrected chi connectivity index (χ3v) is 7.27. The van der Waals surface area contributed by atoms with Crippen LogP contribution in [0.25, 0.3) is 0 Å². The number of carbonyl (C=O) groups is 4. The van der Waals surface area contributed by atoms with Gasteiger partial charge in [0.1, 0.15) is 10.6 Å². The van der Waals surface area contributed by atoms with Crippen LogP contribution < -0.4 is 16.0 Å². The third-order valence-electron chi connectivity index (χ3n) is 6.40. The van der Waals surface area contributed by atoms with Gasteiger partial charge in [-0.05, 0) is 60.4 Å². The number of hydrogen-bond donors (Lipinski definition) is 3. The molecule has 2 aromatic rings. The molecule has 10 nitrogen and oxygen atoms in total. The Labute approximate surface area is 198 Å². The summed E-state index contributed by atoms with van der Waals surface area (Å²) in [7, 11) is 0. The van der Waals surface area contributed by atoms with Crippen molar-refractivity contribution in [3.63, 3.8) is 0 Å². The molecule has 0 saturated carbocycles. The van der Waals surface area contributed by atoms with Crippen molar-refractivity contribution < 1.29 is 19.2 Å². The van der Waals surface area contributed by atoms with Crippen LogP contribution in [0.3, 0.4) is 0 Å². The fraction of sp³-hybridized carbons (Fsp3) is 0.409. The molecule has 2 saturated heterocycles. The molecule has 1 atom stereocenters. The van der Waals surface area contributed by atoms with E-state index in [0.29, 0.717) is 18.3 Å². The second-order valence-electron chi connectivity index (χ2n) is 8.42. The first kappa shape index (κ1) is 21.8. The van der Waals surface area contributed by atoms with Crippen molar-refractivity contribution in [1.29, 1.82) is 0 Å². The highest BCUT2D eigenvalue weighted by atomic mass is 79.9. The SMILES string of the molecule is O=C1CCC(N2C(=O)c3cccc(NCc4cnn(C5CCNCC5)c4Br)c3C2=O)C(=O)N1. The number of fused-ring (bicyclic) bond motifs is 1. The molecule has 1 unspecified atom stereocenters. The highest BCUT2D eigenvalue weighted by molar-refractivity contribution is 9.10. The smallest absolute Gasteiger partial charge is 0.264 e. The predicted molar refractivity (Wildman–Crippen MR) is 122 cm³/mol. The first-order valence-electron chi connectivity index (χ1n) is 11.0. The average molecular weight is 515 g/mol.